The van der Waals surface area contributed by atoms with Crippen LogP contribution in [0.25, 0.3) is 5.57 Å². The van der Waals surface area contributed by atoms with Crippen molar-refractivity contribution in [3.05, 3.63) is 58.5 Å². The molecular weight excluding hydrogens is 384 g/mol. The third kappa shape index (κ3) is 5.32. The second-order valence-corrected chi connectivity index (χ2v) is 8.27. The predicted octanol–water partition coefficient (Wildman–Crippen LogP) is 5.57. The normalized spacial score (nSPS) is 17.7. The van der Waals surface area contributed by atoms with Gasteiger partial charge in [0.05, 0.1) is 5.71 Å². The number of hydrogen-bond donors (Lipinski definition) is 1. The maximum Gasteiger partial charge on any atom is 0.387 e. The Morgan fingerprint density at radius 3 is 2.61 bits per heavy atom. The summed E-state index contributed by atoms with van der Waals surface area (Å²) in [6, 6.07) is 6.48. The number of halogens is 2. The van der Waals surface area contributed by atoms with E-state index in [0.29, 0.717) is 6.42 Å². The smallest absolute Gasteiger partial charge is 0.387 e. The number of benzene rings is 1. The lowest BCUT2D eigenvalue weighted by atomic mass is 9.94. The number of ether oxygens (including phenoxy) is 1. The van der Waals surface area contributed by atoms with Crippen molar-refractivity contribution < 1.29 is 23.4 Å². The molecule has 1 N–H and O–H groups in total. The van der Waals surface area contributed by atoms with Crippen LogP contribution in [-0.4, -0.2) is 35.2 Å². The van der Waals surface area contributed by atoms with Crippen LogP contribution in [0.3, 0.4) is 0 Å². The number of alkyl halides is 2. The minimum atomic E-state index is -2.89. The van der Waals surface area contributed by atoms with Gasteiger partial charge in [0.1, 0.15) is 10.5 Å². The van der Waals surface area contributed by atoms with Crippen molar-refractivity contribution in [1.29, 1.82) is 0 Å². The van der Waals surface area contributed by atoms with E-state index in [2.05, 4.69) is 9.73 Å². The molecule has 1 aromatic rings. The first kappa shape index (κ1) is 21.9. The zero-order chi connectivity index (χ0) is 20.9. The minimum Gasteiger partial charge on any atom is -0.480 e. The Morgan fingerprint density at radius 2 is 2.04 bits per heavy atom. The van der Waals surface area contributed by atoms with Gasteiger partial charge in [0.25, 0.3) is 0 Å². The molecule has 1 aliphatic rings. The van der Waals surface area contributed by atoms with Gasteiger partial charge in [-0.25, -0.2) is 0 Å². The summed E-state index contributed by atoms with van der Waals surface area (Å²) in [5.74, 6) is -0.814. The van der Waals surface area contributed by atoms with Gasteiger partial charge >= 0.3 is 12.6 Å². The first-order chi connectivity index (χ1) is 13.2. The van der Waals surface area contributed by atoms with Crippen molar-refractivity contribution in [2.75, 3.05) is 7.05 Å². The zero-order valence-corrected chi connectivity index (χ0v) is 17.0. The second-order valence-electron chi connectivity index (χ2n) is 6.56. The Balaban J connectivity index is 2.50. The van der Waals surface area contributed by atoms with Crippen molar-refractivity contribution >= 4 is 29.0 Å². The van der Waals surface area contributed by atoms with Crippen molar-refractivity contribution in [1.82, 2.24) is 0 Å². The largest absolute Gasteiger partial charge is 0.480 e. The number of carbonyl (C=O) groups is 1. The molecule has 2 rings (SSSR count). The Bertz CT molecular complexity index is 870. The molecule has 0 spiro atoms. The van der Waals surface area contributed by atoms with Crippen molar-refractivity contribution in [3.8, 4) is 5.75 Å². The number of aliphatic imine (C=N–C) groups is 1. The summed E-state index contributed by atoms with van der Waals surface area (Å²) in [4.78, 5) is 16.7. The molecule has 4 nitrogen and oxygen atoms in total. The first-order valence-corrected chi connectivity index (χ1v) is 9.57. The molecule has 0 heterocycles. The molecule has 150 valence electrons. The summed E-state index contributed by atoms with van der Waals surface area (Å²) in [6.45, 7) is 2.39. The molecule has 1 aliphatic carbocycles. The predicted molar refractivity (Wildman–Crippen MR) is 110 cm³/mol. The summed E-state index contributed by atoms with van der Waals surface area (Å²) in [5.41, 5.74) is 3.11. The molecule has 0 amide bonds. The highest BCUT2D eigenvalue weighted by atomic mass is 32.2. The quantitative estimate of drug-likeness (QED) is 0.642. The number of nitrogens with zero attached hydrogens (tertiary/aromatic N) is 1. The Hall–Kier alpha value is -2.41. The number of thioether (sulfide) groups is 1. The SMILES string of the molecule is CC/C(SC(C)(C)C(=O)O)=C1/C=C(c2cccc(OC(F)F)c2)C=C/C1=N/C. The van der Waals surface area contributed by atoms with Gasteiger partial charge in [-0.3, -0.25) is 9.79 Å². The molecule has 0 atom stereocenters. The van der Waals surface area contributed by atoms with E-state index < -0.39 is 17.3 Å². The van der Waals surface area contributed by atoms with E-state index in [9.17, 15) is 18.7 Å². The summed E-state index contributed by atoms with van der Waals surface area (Å²) in [7, 11) is 1.68. The molecule has 0 bridgehead atoms. The Morgan fingerprint density at radius 1 is 1.32 bits per heavy atom. The van der Waals surface area contributed by atoms with Crippen LogP contribution in [0.2, 0.25) is 0 Å². The summed E-state index contributed by atoms with van der Waals surface area (Å²) >= 11 is 1.29. The topological polar surface area (TPSA) is 58.9 Å². The fourth-order valence-electron chi connectivity index (χ4n) is 2.66. The van der Waals surface area contributed by atoms with E-state index in [1.165, 1.54) is 17.8 Å². The van der Waals surface area contributed by atoms with Crippen LogP contribution < -0.4 is 4.74 Å². The third-order valence-corrected chi connectivity index (χ3v) is 5.58. The summed E-state index contributed by atoms with van der Waals surface area (Å²) in [5, 5.41) is 9.46. The summed E-state index contributed by atoms with van der Waals surface area (Å²) in [6.07, 6.45) is 6.25. The molecule has 0 radical (unpaired) electrons. The number of carboxylic acids is 1. The van der Waals surface area contributed by atoms with Crippen LogP contribution in [0, 0.1) is 0 Å². The van der Waals surface area contributed by atoms with Gasteiger partial charge in [0.15, 0.2) is 0 Å². The first-order valence-electron chi connectivity index (χ1n) is 8.75. The molecule has 0 unspecified atom stereocenters. The standard InChI is InChI=1S/C21H23F2NO3S/c1-5-18(28-21(2,3)19(25)26)16-12-14(9-10-17(16)24-4)13-7-6-8-15(11-13)27-20(22)23/h6-12,20H,5H2,1-4H3,(H,25,26)/b18-16+,24-17-. The molecule has 28 heavy (non-hydrogen) atoms. The van der Waals surface area contributed by atoms with Crippen LogP contribution in [0.5, 0.6) is 5.75 Å². The fraction of sp³-hybridized carbons (Fsp3) is 0.333. The van der Waals surface area contributed by atoms with Crippen molar-refractivity contribution in [2.45, 2.75) is 38.6 Å². The monoisotopic (exact) mass is 407 g/mol. The lowest BCUT2D eigenvalue weighted by Crippen LogP contribution is -2.27. The van der Waals surface area contributed by atoms with E-state index in [-0.39, 0.29) is 5.75 Å². The Kier molecular flexibility index (Phi) is 7.18. The maximum absolute atomic E-state index is 12.5. The van der Waals surface area contributed by atoms with Gasteiger partial charge in [0.2, 0.25) is 0 Å². The number of hydrogen-bond acceptors (Lipinski definition) is 4. The number of rotatable bonds is 7. The van der Waals surface area contributed by atoms with Crippen LogP contribution in [0.4, 0.5) is 8.78 Å². The molecule has 7 heteroatoms. The highest BCUT2D eigenvalue weighted by molar-refractivity contribution is 8.05. The molecule has 0 saturated carbocycles. The van der Waals surface area contributed by atoms with Gasteiger partial charge < -0.3 is 9.84 Å². The maximum atomic E-state index is 12.5. The molecule has 1 aromatic carbocycles. The zero-order valence-electron chi connectivity index (χ0n) is 16.2. The highest BCUT2D eigenvalue weighted by Crippen LogP contribution is 2.38. The van der Waals surface area contributed by atoms with Crippen LogP contribution in [-0.2, 0) is 4.79 Å². The number of carboxylic acid groups (broad SMARTS) is 1. The fourth-order valence-corrected chi connectivity index (χ4v) is 3.78. The van der Waals surface area contributed by atoms with Gasteiger partial charge in [-0.15, -0.1) is 11.8 Å². The van der Waals surface area contributed by atoms with Crippen LogP contribution >= 0.6 is 11.8 Å². The van der Waals surface area contributed by atoms with E-state index in [0.717, 1.165) is 27.3 Å². The lowest BCUT2D eigenvalue weighted by Gasteiger charge is -2.23. The van der Waals surface area contributed by atoms with Crippen molar-refractivity contribution in [2.24, 2.45) is 4.99 Å². The van der Waals surface area contributed by atoms with Gasteiger partial charge in [-0.1, -0.05) is 25.1 Å². The van der Waals surface area contributed by atoms with Crippen LogP contribution in [0.1, 0.15) is 32.8 Å². The molecule has 0 saturated heterocycles. The lowest BCUT2D eigenvalue weighted by molar-refractivity contribution is -0.138. The molecule has 0 fully saturated rings. The molecular formula is C21H23F2NO3S. The average Bonchev–Trinajstić information content (AvgIpc) is 2.65. The van der Waals surface area contributed by atoms with Crippen LogP contribution in [0.15, 0.2) is 58.0 Å². The third-order valence-electron chi connectivity index (χ3n) is 4.14. The summed E-state index contributed by atoms with van der Waals surface area (Å²) < 4.78 is 28.5. The minimum absolute atomic E-state index is 0.0828. The van der Waals surface area contributed by atoms with Crippen molar-refractivity contribution in [3.63, 3.8) is 0 Å². The van der Waals surface area contributed by atoms with Gasteiger partial charge in [-0.05, 0) is 60.6 Å². The second kappa shape index (κ2) is 9.19. The molecule has 0 aliphatic heterocycles. The van der Waals surface area contributed by atoms with Gasteiger partial charge in [-0.2, -0.15) is 8.78 Å². The van der Waals surface area contributed by atoms with Gasteiger partial charge in [0, 0.05) is 12.6 Å². The number of allylic oxidation sites excluding steroid dienone is 6. The highest BCUT2D eigenvalue weighted by Gasteiger charge is 2.30. The average molecular weight is 407 g/mol. The Labute approximate surface area is 167 Å². The van der Waals surface area contributed by atoms with E-state index in [1.807, 2.05) is 25.2 Å². The molecule has 0 aromatic heterocycles. The van der Waals surface area contributed by atoms with E-state index in [1.54, 1.807) is 39.1 Å². The van der Waals surface area contributed by atoms with E-state index >= 15 is 0 Å². The van der Waals surface area contributed by atoms with E-state index in [4.69, 9.17) is 0 Å². The number of aliphatic carboxylic acids is 1.